The minimum absolute atomic E-state index is 0.247. The smallest absolute Gasteiger partial charge is 0.127 e. The summed E-state index contributed by atoms with van der Waals surface area (Å²) in [4.78, 5) is 0. The maximum Gasteiger partial charge on any atom is 0.127 e. The molecule has 0 N–H and O–H groups in total. The van der Waals surface area contributed by atoms with E-state index < -0.39 is 0 Å². The maximum atomic E-state index is 13.1. The van der Waals surface area contributed by atoms with Crippen molar-refractivity contribution in [3.63, 3.8) is 0 Å². The second-order valence-corrected chi connectivity index (χ2v) is 6.64. The summed E-state index contributed by atoms with van der Waals surface area (Å²) in [6.07, 6.45) is 0. The fourth-order valence-electron chi connectivity index (χ4n) is 2.21. The molecule has 0 saturated carbocycles. The first-order chi connectivity index (χ1) is 10.1. The van der Waals surface area contributed by atoms with Crippen molar-refractivity contribution < 1.29 is 4.39 Å². The lowest BCUT2D eigenvalue weighted by molar-refractivity contribution is 0.628. The minimum Gasteiger partial charge on any atom is -0.207 e. The van der Waals surface area contributed by atoms with Gasteiger partial charge < -0.3 is 0 Å². The molecule has 106 valence electrons. The van der Waals surface area contributed by atoms with Crippen molar-refractivity contribution in [2.24, 2.45) is 0 Å². The summed E-state index contributed by atoms with van der Waals surface area (Å²) < 4.78 is 13.1. The molecule has 1 aromatic heterocycles. The highest BCUT2D eigenvalue weighted by Gasteiger charge is 2.12. The zero-order chi connectivity index (χ0) is 14.8. The van der Waals surface area contributed by atoms with Gasteiger partial charge >= 0.3 is 0 Å². The number of hydrogen-bond donors (Lipinski definition) is 0. The third-order valence-corrected chi connectivity index (χ3v) is 4.11. The molecule has 1 heterocycles. The Labute approximate surface area is 127 Å². The number of hydrogen-bond acceptors (Lipinski definition) is 3. The van der Waals surface area contributed by atoms with Gasteiger partial charge in [0.25, 0.3) is 0 Å². The van der Waals surface area contributed by atoms with Gasteiger partial charge in [-0.1, -0.05) is 38.1 Å². The van der Waals surface area contributed by atoms with Gasteiger partial charge in [-0.2, -0.15) is 0 Å². The summed E-state index contributed by atoms with van der Waals surface area (Å²) in [5.74, 6) is -0.247. The van der Waals surface area contributed by atoms with Crippen LogP contribution in [-0.4, -0.2) is 15.4 Å². The molecule has 21 heavy (non-hydrogen) atoms. The average Bonchev–Trinajstić information content (AvgIpc) is 2.48. The Bertz CT molecular complexity index is 769. The second kappa shape index (κ2) is 5.82. The lowest BCUT2D eigenvalue weighted by Crippen LogP contribution is -1.96. The zero-order valence-corrected chi connectivity index (χ0v) is 12.7. The largest absolute Gasteiger partial charge is 0.207 e. The van der Waals surface area contributed by atoms with E-state index >= 15 is 0 Å². The number of thioether (sulfide) groups is 1. The van der Waals surface area contributed by atoms with Crippen molar-refractivity contribution in [3.05, 3.63) is 54.3 Å². The molecule has 0 aliphatic carbocycles. The number of rotatable bonds is 3. The van der Waals surface area contributed by atoms with Gasteiger partial charge in [-0.15, -0.1) is 22.0 Å². The van der Waals surface area contributed by atoms with Gasteiger partial charge in [0.15, 0.2) is 0 Å². The molecule has 0 spiro atoms. The molecular formula is C17H15FN2S. The first-order valence-electron chi connectivity index (χ1n) is 6.83. The molecular weight excluding hydrogens is 283 g/mol. The molecule has 0 amide bonds. The van der Waals surface area contributed by atoms with E-state index in [1.165, 1.54) is 12.1 Å². The summed E-state index contributed by atoms with van der Waals surface area (Å²) >= 11 is 1.70. The van der Waals surface area contributed by atoms with E-state index in [-0.39, 0.29) is 5.82 Å². The highest BCUT2D eigenvalue weighted by atomic mass is 32.2. The predicted molar refractivity (Wildman–Crippen MR) is 85.9 cm³/mol. The molecule has 0 fully saturated rings. The minimum atomic E-state index is -0.247. The Kier molecular flexibility index (Phi) is 3.88. The van der Waals surface area contributed by atoms with Gasteiger partial charge in [0, 0.05) is 21.6 Å². The van der Waals surface area contributed by atoms with Crippen LogP contribution in [0.4, 0.5) is 4.39 Å². The number of aromatic nitrogens is 2. The Morgan fingerprint density at radius 3 is 2.24 bits per heavy atom. The van der Waals surface area contributed by atoms with Crippen molar-refractivity contribution >= 4 is 22.5 Å². The molecule has 0 radical (unpaired) electrons. The van der Waals surface area contributed by atoms with E-state index in [1.54, 1.807) is 23.9 Å². The molecule has 2 aromatic carbocycles. The van der Waals surface area contributed by atoms with Crippen LogP contribution in [0.3, 0.4) is 0 Å². The van der Waals surface area contributed by atoms with Crippen LogP contribution < -0.4 is 0 Å². The Balaban J connectivity index is 2.19. The van der Waals surface area contributed by atoms with Crippen molar-refractivity contribution in [2.75, 3.05) is 0 Å². The fraction of sp³-hybridized carbons (Fsp3) is 0.176. The molecule has 0 saturated heterocycles. The molecule has 0 aliphatic rings. The Hall–Kier alpha value is -1.94. The quantitative estimate of drug-likeness (QED) is 0.641. The molecule has 3 rings (SSSR count). The summed E-state index contributed by atoms with van der Waals surface area (Å²) in [7, 11) is 0. The summed E-state index contributed by atoms with van der Waals surface area (Å²) in [5, 5.41) is 12.2. The van der Waals surface area contributed by atoms with E-state index in [0.29, 0.717) is 5.25 Å². The van der Waals surface area contributed by atoms with Crippen molar-refractivity contribution in [3.8, 4) is 11.3 Å². The van der Waals surface area contributed by atoms with Gasteiger partial charge in [-0.3, -0.25) is 0 Å². The molecule has 3 aromatic rings. The van der Waals surface area contributed by atoms with E-state index in [4.69, 9.17) is 0 Å². The summed E-state index contributed by atoms with van der Waals surface area (Å²) in [6, 6.07) is 14.5. The van der Waals surface area contributed by atoms with Crippen molar-refractivity contribution in [1.29, 1.82) is 0 Å². The second-order valence-electron chi connectivity index (χ2n) is 5.07. The molecule has 0 unspecified atom stereocenters. The van der Waals surface area contributed by atoms with E-state index in [9.17, 15) is 4.39 Å². The molecule has 4 heteroatoms. The zero-order valence-electron chi connectivity index (χ0n) is 11.9. The molecule has 0 atom stereocenters. The van der Waals surface area contributed by atoms with Gasteiger partial charge in [0.2, 0.25) is 0 Å². The number of halogens is 1. The van der Waals surface area contributed by atoms with Crippen LogP contribution in [0.5, 0.6) is 0 Å². The van der Waals surface area contributed by atoms with Crippen molar-refractivity contribution in [2.45, 2.75) is 24.1 Å². The van der Waals surface area contributed by atoms with Crippen LogP contribution in [0.15, 0.2) is 53.6 Å². The monoisotopic (exact) mass is 298 g/mol. The third-order valence-electron chi connectivity index (χ3n) is 3.12. The Morgan fingerprint density at radius 2 is 1.57 bits per heavy atom. The number of nitrogens with zero attached hydrogens (tertiary/aromatic N) is 2. The third kappa shape index (κ3) is 2.90. The van der Waals surface area contributed by atoms with Crippen molar-refractivity contribution in [1.82, 2.24) is 10.2 Å². The predicted octanol–water partition coefficient (Wildman–Crippen LogP) is 4.94. The van der Waals surface area contributed by atoms with E-state index in [0.717, 1.165) is 27.1 Å². The van der Waals surface area contributed by atoms with Crippen LogP contribution in [0.25, 0.3) is 22.0 Å². The fourth-order valence-corrected chi connectivity index (χ4v) is 3.05. The summed E-state index contributed by atoms with van der Waals surface area (Å²) in [5.41, 5.74) is 1.67. The van der Waals surface area contributed by atoms with Gasteiger partial charge in [0.1, 0.15) is 16.5 Å². The summed E-state index contributed by atoms with van der Waals surface area (Å²) in [6.45, 7) is 4.27. The highest BCUT2D eigenvalue weighted by molar-refractivity contribution is 8.00. The van der Waals surface area contributed by atoms with Crippen LogP contribution in [0.2, 0.25) is 0 Å². The van der Waals surface area contributed by atoms with Gasteiger partial charge in [-0.05, 0) is 24.3 Å². The molecule has 2 nitrogen and oxygen atoms in total. The van der Waals surface area contributed by atoms with Crippen LogP contribution >= 0.6 is 11.8 Å². The standard InChI is InChI=1S/C17H15FN2S/c1-11(2)21-17-15-6-4-3-5-14(15)16(19-20-17)12-7-9-13(18)10-8-12/h3-11H,1-2H3. The van der Waals surface area contributed by atoms with Crippen LogP contribution in [0, 0.1) is 5.82 Å². The molecule has 0 aliphatic heterocycles. The lowest BCUT2D eigenvalue weighted by atomic mass is 10.1. The number of benzene rings is 2. The SMILES string of the molecule is CC(C)Sc1nnc(-c2ccc(F)cc2)c2ccccc12. The lowest BCUT2D eigenvalue weighted by Gasteiger charge is -2.10. The normalized spacial score (nSPS) is 11.2. The topological polar surface area (TPSA) is 25.8 Å². The highest BCUT2D eigenvalue weighted by Crippen LogP contribution is 2.33. The maximum absolute atomic E-state index is 13.1. The first-order valence-corrected chi connectivity index (χ1v) is 7.71. The van der Waals surface area contributed by atoms with E-state index in [1.807, 2.05) is 18.2 Å². The van der Waals surface area contributed by atoms with Gasteiger partial charge in [-0.25, -0.2) is 4.39 Å². The van der Waals surface area contributed by atoms with Crippen LogP contribution in [0.1, 0.15) is 13.8 Å². The average molecular weight is 298 g/mol. The Morgan fingerprint density at radius 1 is 0.905 bits per heavy atom. The number of fused-ring (bicyclic) bond motifs is 1. The van der Waals surface area contributed by atoms with Gasteiger partial charge in [0.05, 0.1) is 0 Å². The van der Waals surface area contributed by atoms with Crippen LogP contribution in [-0.2, 0) is 0 Å². The first kappa shape index (κ1) is 14.0. The van der Waals surface area contributed by atoms with E-state index in [2.05, 4.69) is 30.1 Å². The molecule has 0 bridgehead atoms.